The van der Waals surface area contributed by atoms with Gasteiger partial charge in [0.15, 0.2) is 6.10 Å². The van der Waals surface area contributed by atoms with Crippen molar-refractivity contribution >= 4 is 27.5 Å². The Morgan fingerprint density at radius 2 is 2.00 bits per heavy atom. The molecule has 2 N–H and O–H groups in total. The van der Waals surface area contributed by atoms with E-state index < -0.39 is 27.3 Å². The number of para-hydroxylation sites is 1. The molecule has 7 heteroatoms. The van der Waals surface area contributed by atoms with Gasteiger partial charge in [0.2, 0.25) is 6.04 Å². The summed E-state index contributed by atoms with van der Waals surface area (Å²) in [6, 6.07) is 7.45. The van der Waals surface area contributed by atoms with Crippen LogP contribution in [0.3, 0.4) is 0 Å². The number of carbonyl (C=O) groups excluding carboxylic acids is 1. The molecule has 0 spiro atoms. The second-order valence-electron chi connectivity index (χ2n) is 4.37. The predicted molar refractivity (Wildman–Crippen MR) is 74.9 cm³/mol. The van der Waals surface area contributed by atoms with E-state index in [1.165, 1.54) is 13.8 Å². The molecule has 19 heavy (non-hydrogen) atoms. The Kier molecular flexibility index (Phi) is 5.02. The number of hydrogen-bond donors (Lipinski definition) is 2. The van der Waals surface area contributed by atoms with E-state index in [1.807, 2.05) is 0 Å². The van der Waals surface area contributed by atoms with Gasteiger partial charge in [0, 0.05) is 17.5 Å². The second-order valence-corrected chi connectivity index (χ2v) is 6.08. The van der Waals surface area contributed by atoms with E-state index in [1.54, 1.807) is 30.3 Å². The van der Waals surface area contributed by atoms with Crippen molar-refractivity contribution in [3.8, 4) is 0 Å². The Hall–Kier alpha value is -1.47. The number of nitrogens with one attached hydrogen (secondary N) is 1. The van der Waals surface area contributed by atoms with Crippen LogP contribution in [0.25, 0.3) is 0 Å². The van der Waals surface area contributed by atoms with Crippen molar-refractivity contribution in [2.45, 2.75) is 30.3 Å². The highest BCUT2D eigenvalue weighted by atomic mass is 79.9. The van der Waals surface area contributed by atoms with Gasteiger partial charge in [-0.15, -0.1) is 0 Å². The first kappa shape index (κ1) is 15.6. The van der Waals surface area contributed by atoms with Crippen molar-refractivity contribution in [2.75, 3.05) is 5.32 Å². The summed E-state index contributed by atoms with van der Waals surface area (Å²) in [5.74, 6) is -0.695. The van der Waals surface area contributed by atoms with Gasteiger partial charge in [-0.3, -0.25) is 14.9 Å². The maximum absolute atomic E-state index is 11.9. The van der Waals surface area contributed by atoms with E-state index >= 15 is 0 Å². The second kappa shape index (κ2) is 6.12. The van der Waals surface area contributed by atoms with Gasteiger partial charge in [-0.1, -0.05) is 34.1 Å². The molecular formula is C12H15BrN2O4. The van der Waals surface area contributed by atoms with Gasteiger partial charge >= 0.3 is 0 Å². The molecule has 0 saturated carbocycles. The van der Waals surface area contributed by atoms with E-state index in [9.17, 15) is 20.0 Å². The number of anilines is 1. The Bertz CT molecular complexity index is 464. The number of benzene rings is 1. The maximum Gasteiger partial charge on any atom is 0.254 e. The minimum atomic E-state index is -1.55. The summed E-state index contributed by atoms with van der Waals surface area (Å²) in [7, 11) is 0. The molecule has 0 aliphatic heterocycles. The van der Waals surface area contributed by atoms with Crippen molar-refractivity contribution in [1.29, 1.82) is 0 Å². The molecule has 1 rings (SSSR count). The predicted octanol–water partition coefficient (Wildman–Crippen LogP) is 1.80. The third kappa shape index (κ3) is 3.74. The van der Waals surface area contributed by atoms with Gasteiger partial charge in [-0.2, -0.15) is 0 Å². The molecule has 1 amide bonds. The van der Waals surface area contributed by atoms with Crippen molar-refractivity contribution in [3.63, 3.8) is 0 Å². The molecule has 3 unspecified atom stereocenters. The van der Waals surface area contributed by atoms with E-state index in [0.29, 0.717) is 5.69 Å². The lowest BCUT2D eigenvalue weighted by Gasteiger charge is -2.28. The molecule has 0 radical (unpaired) electrons. The van der Waals surface area contributed by atoms with E-state index in [4.69, 9.17) is 0 Å². The van der Waals surface area contributed by atoms with Crippen molar-refractivity contribution in [3.05, 3.63) is 40.4 Å². The minimum absolute atomic E-state index is 0.517. The standard InChI is InChI=1S/C12H15BrN2O4/c1-8(15(18)19)12(2,13)10(16)11(17)14-9-6-4-3-5-7-9/h3-8,10,16H,1-2H3,(H,14,17). The average Bonchev–Trinajstić information content (AvgIpc) is 2.37. The molecule has 6 nitrogen and oxygen atoms in total. The van der Waals surface area contributed by atoms with Crippen LogP contribution in [0.5, 0.6) is 0 Å². The van der Waals surface area contributed by atoms with Crippen LogP contribution in [0.2, 0.25) is 0 Å². The molecule has 0 aliphatic carbocycles. The fourth-order valence-corrected chi connectivity index (χ4v) is 1.80. The average molecular weight is 331 g/mol. The first-order valence-electron chi connectivity index (χ1n) is 5.63. The quantitative estimate of drug-likeness (QED) is 0.489. The summed E-state index contributed by atoms with van der Waals surface area (Å²) in [5.41, 5.74) is 0.517. The van der Waals surface area contributed by atoms with Gasteiger partial charge < -0.3 is 10.4 Å². The summed E-state index contributed by atoms with van der Waals surface area (Å²) in [4.78, 5) is 22.1. The molecule has 104 valence electrons. The van der Waals surface area contributed by atoms with Gasteiger partial charge in [-0.25, -0.2) is 0 Å². The molecule has 0 heterocycles. The van der Waals surface area contributed by atoms with E-state index in [2.05, 4.69) is 21.2 Å². The van der Waals surface area contributed by atoms with Crippen LogP contribution < -0.4 is 5.32 Å². The van der Waals surface area contributed by atoms with Gasteiger partial charge in [0.05, 0.1) is 0 Å². The molecule has 3 atom stereocenters. The largest absolute Gasteiger partial charge is 0.381 e. The number of amides is 1. The number of hydrogen-bond acceptors (Lipinski definition) is 4. The number of aliphatic hydroxyl groups is 1. The first-order chi connectivity index (χ1) is 8.76. The summed E-state index contributed by atoms with van der Waals surface area (Å²) in [6.07, 6.45) is -1.55. The summed E-state index contributed by atoms with van der Waals surface area (Å²) < 4.78 is -1.35. The van der Waals surface area contributed by atoms with Crippen molar-refractivity contribution < 1.29 is 14.8 Å². The summed E-state index contributed by atoms with van der Waals surface area (Å²) >= 11 is 3.07. The van der Waals surface area contributed by atoms with Gasteiger partial charge in [-0.05, 0) is 19.1 Å². The number of alkyl halides is 1. The van der Waals surface area contributed by atoms with Crippen molar-refractivity contribution in [1.82, 2.24) is 0 Å². The zero-order valence-electron chi connectivity index (χ0n) is 10.5. The molecule has 1 aromatic rings. The Morgan fingerprint density at radius 3 is 2.47 bits per heavy atom. The van der Waals surface area contributed by atoms with E-state index in [0.717, 1.165) is 0 Å². The number of aliphatic hydroxyl groups excluding tert-OH is 1. The minimum Gasteiger partial charge on any atom is -0.381 e. The van der Waals surface area contributed by atoms with Gasteiger partial charge in [0.1, 0.15) is 4.32 Å². The molecule has 0 aromatic heterocycles. The Morgan fingerprint density at radius 1 is 1.47 bits per heavy atom. The fraction of sp³-hybridized carbons (Fsp3) is 0.417. The molecule has 0 bridgehead atoms. The van der Waals surface area contributed by atoms with Gasteiger partial charge in [0.25, 0.3) is 5.91 Å². The third-order valence-electron chi connectivity index (χ3n) is 2.96. The Balaban J connectivity index is 2.79. The summed E-state index contributed by atoms with van der Waals surface area (Å²) in [6.45, 7) is 2.74. The molecule has 0 fully saturated rings. The number of nitrogens with zero attached hydrogens (tertiary/aromatic N) is 1. The highest BCUT2D eigenvalue weighted by Crippen LogP contribution is 2.29. The molecule has 0 saturated heterocycles. The third-order valence-corrected chi connectivity index (χ3v) is 4.05. The summed E-state index contributed by atoms with van der Waals surface area (Å²) in [5, 5.41) is 23.2. The van der Waals surface area contributed by atoms with Crippen LogP contribution in [-0.4, -0.2) is 32.4 Å². The van der Waals surface area contributed by atoms with Crippen LogP contribution in [-0.2, 0) is 4.79 Å². The Labute approximate surface area is 119 Å². The molecule has 1 aromatic carbocycles. The molecular weight excluding hydrogens is 316 g/mol. The fourth-order valence-electron chi connectivity index (χ4n) is 1.42. The zero-order chi connectivity index (χ0) is 14.6. The van der Waals surface area contributed by atoms with Crippen molar-refractivity contribution in [2.24, 2.45) is 0 Å². The number of carbonyl (C=O) groups is 1. The highest BCUT2D eigenvalue weighted by molar-refractivity contribution is 9.10. The monoisotopic (exact) mass is 330 g/mol. The van der Waals surface area contributed by atoms with Crippen LogP contribution in [0, 0.1) is 10.1 Å². The lowest BCUT2D eigenvalue weighted by Crippen LogP contribution is -2.52. The zero-order valence-corrected chi connectivity index (χ0v) is 12.1. The topological polar surface area (TPSA) is 92.5 Å². The lowest BCUT2D eigenvalue weighted by atomic mass is 9.96. The van der Waals surface area contributed by atoms with E-state index in [-0.39, 0.29) is 0 Å². The smallest absolute Gasteiger partial charge is 0.254 e. The number of rotatable bonds is 5. The van der Waals surface area contributed by atoms with Crippen LogP contribution in [0.15, 0.2) is 30.3 Å². The van der Waals surface area contributed by atoms with Crippen LogP contribution in [0.1, 0.15) is 13.8 Å². The first-order valence-corrected chi connectivity index (χ1v) is 6.42. The lowest BCUT2D eigenvalue weighted by molar-refractivity contribution is -0.524. The van der Waals surface area contributed by atoms with Crippen LogP contribution >= 0.6 is 15.9 Å². The highest BCUT2D eigenvalue weighted by Gasteiger charge is 2.46. The molecule has 0 aliphatic rings. The number of nitro groups is 1. The normalized spacial score (nSPS) is 17.1. The SMILES string of the molecule is CC([N+](=O)[O-])C(C)(Br)C(O)C(=O)Nc1ccccc1. The van der Waals surface area contributed by atoms with Crippen LogP contribution in [0.4, 0.5) is 5.69 Å². The maximum atomic E-state index is 11.9. The number of halogens is 1.